The average Bonchev–Trinajstić information content (AvgIpc) is 3.30. The summed E-state index contributed by atoms with van der Waals surface area (Å²) in [5.74, 6) is 0.180. The van der Waals surface area contributed by atoms with E-state index in [-0.39, 0.29) is 18.2 Å². The standard InChI is InChI=1S/C17H16N4O3S/c1-11-4-6-12(7-5-11)16-18-15(24-21-16)9-8-14(22)19-20-17(23)13-3-2-10-25-13/h2-7,10H,8-9H2,1H3,(H,19,22)(H,20,23). The highest BCUT2D eigenvalue weighted by Gasteiger charge is 2.12. The van der Waals surface area contributed by atoms with Gasteiger partial charge in [0.1, 0.15) is 0 Å². The van der Waals surface area contributed by atoms with E-state index in [9.17, 15) is 9.59 Å². The van der Waals surface area contributed by atoms with Gasteiger partial charge in [0.15, 0.2) is 0 Å². The summed E-state index contributed by atoms with van der Waals surface area (Å²) in [7, 11) is 0. The predicted molar refractivity (Wildman–Crippen MR) is 92.7 cm³/mol. The van der Waals surface area contributed by atoms with Crippen molar-refractivity contribution in [1.82, 2.24) is 21.0 Å². The van der Waals surface area contributed by atoms with Gasteiger partial charge in [0.05, 0.1) is 4.88 Å². The fraction of sp³-hybridized carbons (Fsp3) is 0.176. The van der Waals surface area contributed by atoms with Crippen LogP contribution in [0.4, 0.5) is 0 Å². The molecule has 25 heavy (non-hydrogen) atoms. The summed E-state index contributed by atoms with van der Waals surface area (Å²) in [5.41, 5.74) is 6.73. The van der Waals surface area contributed by atoms with Crippen molar-refractivity contribution in [1.29, 1.82) is 0 Å². The van der Waals surface area contributed by atoms with E-state index in [4.69, 9.17) is 4.52 Å². The Morgan fingerprint density at radius 1 is 1.16 bits per heavy atom. The SMILES string of the molecule is Cc1ccc(-c2noc(CCC(=O)NNC(=O)c3cccs3)n2)cc1. The van der Waals surface area contributed by atoms with Gasteiger partial charge in [-0.15, -0.1) is 11.3 Å². The van der Waals surface area contributed by atoms with Crippen LogP contribution in [-0.4, -0.2) is 22.0 Å². The molecule has 1 aromatic carbocycles. The van der Waals surface area contributed by atoms with Gasteiger partial charge in [-0.2, -0.15) is 4.98 Å². The van der Waals surface area contributed by atoms with E-state index >= 15 is 0 Å². The maximum absolute atomic E-state index is 11.8. The molecule has 3 rings (SSSR count). The second kappa shape index (κ2) is 7.71. The van der Waals surface area contributed by atoms with Crippen LogP contribution in [0.5, 0.6) is 0 Å². The molecule has 0 spiro atoms. The van der Waals surface area contributed by atoms with Gasteiger partial charge in [0.25, 0.3) is 5.91 Å². The molecular formula is C17H16N4O3S. The molecule has 2 N–H and O–H groups in total. The Balaban J connectivity index is 1.48. The first-order chi connectivity index (χ1) is 12.1. The number of aryl methyl sites for hydroxylation is 2. The summed E-state index contributed by atoms with van der Waals surface area (Å²) in [5, 5.41) is 5.71. The maximum Gasteiger partial charge on any atom is 0.279 e. The van der Waals surface area contributed by atoms with Crippen molar-refractivity contribution in [3.8, 4) is 11.4 Å². The molecule has 2 aromatic heterocycles. The van der Waals surface area contributed by atoms with Crippen LogP contribution in [-0.2, 0) is 11.2 Å². The van der Waals surface area contributed by atoms with Gasteiger partial charge in [0.2, 0.25) is 17.6 Å². The lowest BCUT2D eigenvalue weighted by Crippen LogP contribution is -2.41. The van der Waals surface area contributed by atoms with E-state index in [0.29, 0.717) is 23.0 Å². The number of amides is 2. The van der Waals surface area contributed by atoms with Gasteiger partial charge in [-0.1, -0.05) is 41.1 Å². The Labute approximate surface area is 148 Å². The first kappa shape index (κ1) is 16.8. The highest BCUT2D eigenvalue weighted by molar-refractivity contribution is 7.12. The average molecular weight is 356 g/mol. The van der Waals surface area contributed by atoms with Crippen molar-refractivity contribution < 1.29 is 14.1 Å². The second-order valence-corrected chi connectivity index (χ2v) is 6.31. The van der Waals surface area contributed by atoms with Crippen molar-refractivity contribution >= 4 is 23.2 Å². The molecule has 7 nitrogen and oxygen atoms in total. The van der Waals surface area contributed by atoms with E-state index < -0.39 is 0 Å². The highest BCUT2D eigenvalue weighted by Crippen LogP contribution is 2.16. The topological polar surface area (TPSA) is 97.1 Å². The largest absolute Gasteiger partial charge is 0.339 e. The monoisotopic (exact) mass is 356 g/mol. The highest BCUT2D eigenvalue weighted by atomic mass is 32.1. The second-order valence-electron chi connectivity index (χ2n) is 5.36. The molecule has 0 unspecified atom stereocenters. The van der Waals surface area contributed by atoms with Crippen LogP contribution < -0.4 is 10.9 Å². The molecule has 0 aliphatic rings. The molecule has 0 radical (unpaired) electrons. The van der Waals surface area contributed by atoms with Gasteiger partial charge in [-0.3, -0.25) is 20.4 Å². The lowest BCUT2D eigenvalue weighted by Gasteiger charge is -2.04. The van der Waals surface area contributed by atoms with Crippen molar-refractivity contribution in [2.75, 3.05) is 0 Å². The molecule has 0 atom stereocenters. The Bertz CT molecular complexity index is 856. The molecule has 2 amide bonds. The Hall–Kier alpha value is -3.00. The van der Waals surface area contributed by atoms with Crippen LogP contribution in [0.15, 0.2) is 46.3 Å². The molecular weight excluding hydrogens is 340 g/mol. The summed E-state index contributed by atoms with van der Waals surface area (Å²) >= 11 is 1.30. The summed E-state index contributed by atoms with van der Waals surface area (Å²) < 4.78 is 5.16. The number of hydrogen-bond donors (Lipinski definition) is 2. The number of nitrogens with zero attached hydrogens (tertiary/aromatic N) is 2. The van der Waals surface area contributed by atoms with Crippen molar-refractivity contribution in [2.24, 2.45) is 0 Å². The van der Waals surface area contributed by atoms with E-state index in [1.807, 2.05) is 31.2 Å². The number of nitrogens with one attached hydrogen (secondary N) is 2. The minimum atomic E-state index is -0.345. The molecule has 128 valence electrons. The number of rotatable bonds is 5. The van der Waals surface area contributed by atoms with Crippen LogP contribution >= 0.6 is 11.3 Å². The smallest absolute Gasteiger partial charge is 0.279 e. The van der Waals surface area contributed by atoms with Gasteiger partial charge in [-0.25, -0.2) is 0 Å². The van der Waals surface area contributed by atoms with E-state index in [1.54, 1.807) is 17.5 Å². The normalized spacial score (nSPS) is 10.4. The number of benzene rings is 1. The molecule has 8 heteroatoms. The number of carbonyl (C=O) groups is 2. The molecule has 0 fully saturated rings. The summed E-state index contributed by atoms with van der Waals surface area (Å²) in [6.45, 7) is 2.00. The summed E-state index contributed by atoms with van der Waals surface area (Å²) in [6.07, 6.45) is 0.416. The van der Waals surface area contributed by atoms with Gasteiger partial charge < -0.3 is 4.52 Å². The zero-order chi connectivity index (χ0) is 17.6. The first-order valence-electron chi connectivity index (χ1n) is 7.64. The van der Waals surface area contributed by atoms with Crippen molar-refractivity contribution in [3.63, 3.8) is 0 Å². The van der Waals surface area contributed by atoms with E-state index in [0.717, 1.165) is 11.1 Å². The molecule has 3 aromatic rings. The van der Waals surface area contributed by atoms with E-state index in [2.05, 4.69) is 21.0 Å². The lowest BCUT2D eigenvalue weighted by molar-refractivity contribution is -0.121. The third-order valence-corrected chi connectivity index (χ3v) is 4.27. The molecule has 0 aliphatic heterocycles. The van der Waals surface area contributed by atoms with Gasteiger partial charge >= 0.3 is 0 Å². The number of hydrogen-bond acceptors (Lipinski definition) is 6. The molecule has 0 bridgehead atoms. The number of carbonyl (C=O) groups excluding carboxylic acids is 2. The van der Waals surface area contributed by atoms with Gasteiger partial charge in [0, 0.05) is 18.4 Å². The van der Waals surface area contributed by atoms with Crippen LogP contribution in [0.1, 0.15) is 27.5 Å². The van der Waals surface area contributed by atoms with Crippen LogP contribution in [0.2, 0.25) is 0 Å². The van der Waals surface area contributed by atoms with Crippen molar-refractivity contribution in [3.05, 3.63) is 58.1 Å². The Kier molecular flexibility index (Phi) is 5.20. The number of aromatic nitrogens is 2. The molecule has 2 heterocycles. The number of hydrazine groups is 1. The predicted octanol–water partition coefficient (Wildman–Crippen LogP) is 2.50. The van der Waals surface area contributed by atoms with Crippen LogP contribution in [0.3, 0.4) is 0 Å². The quantitative estimate of drug-likeness (QED) is 0.685. The first-order valence-corrected chi connectivity index (χ1v) is 8.52. The minimum absolute atomic E-state index is 0.125. The summed E-state index contributed by atoms with van der Waals surface area (Å²) in [4.78, 5) is 28.3. The molecule has 0 saturated heterocycles. The Morgan fingerprint density at radius 3 is 2.68 bits per heavy atom. The number of thiophene rings is 1. The molecule has 0 saturated carbocycles. The van der Waals surface area contributed by atoms with Crippen LogP contribution in [0.25, 0.3) is 11.4 Å². The minimum Gasteiger partial charge on any atom is -0.339 e. The van der Waals surface area contributed by atoms with Gasteiger partial charge in [-0.05, 0) is 18.4 Å². The van der Waals surface area contributed by atoms with Crippen molar-refractivity contribution in [2.45, 2.75) is 19.8 Å². The van der Waals surface area contributed by atoms with Crippen LogP contribution in [0, 0.1) is 6.92 Å². The maximum atomic E-state index is 11.8. The summed E-state index contributed by atoms with van der Waals surface area (Å²) in [6, 6.07) is 11.2. The third kappa shape index (κ3) is 4.51. The van der Waals surface area contributed by atoms with E-state index in [1.165, 1.54) is 11.3 Å². The lowest BCUT2D eigenvalue weighted by atomic mass is 10.1. The zero-order valence-corrected chi connectivity index (χ0v) is 14.3. The fourth-order valence-electron chi connectivity index (χ4n) is 2.06. The Morgan fingerprint density at radius 2 is 1.96 bits per heavy atom. The molecule has 0 aliphatic carbocycles. The zero-order valence-electron chi connectivity index (χ0n) is 13.5. The third-order valence-electron chi connectivity index (χ3n) is 3.40. The fourth-order valence-corrected chi connectivity index (χ4v) is 2.67.